The molecule has 0 bridgehead atoms. The van der Waals surface area contributed by atoms with Crippen molar-refractivity contribution in [1.82, 2.24) is 4.98 Å². The van der Waals surface area contributed by atoms with Gasteiger partial charge in [-0.3, -0.25) is 9.78 Å². The van der Waals surface area contributed by atoms with Gasteiger partial charge in [-0.15, -0.1) is 0 Å². The first kappa shape index (κ1) is 13.7. The van der Waals surface area contributed by atoms with Gasteiger partial charge in [-0.2, -0.15) is 0 Å². The Kier molecular flexibility index (Phi) is 2.97. The Morgan fingerprint density at radius 1 is 1.00 bits per heavy atom. The second-order valence-corrected chi connectivity index (χ2v) is 7.44. The molecule has 0 saturated carbocycles. The highest BCUT2D eigenvalue weighted by Gasteiger charge is 2.33. The molecule has 2 aromatic rings. The van der Waals surface area contributed by atoms with Crippen LogP contribution >= 0.6 is 0 Å². The zero-order valence-corrected chi connectivity index (χ0v) is 13.3. The van der Waals surface area contributed by atoms with Crippen LogP contribution in [0.1, 0.15) is 53.9 Å². The van der Waals surface area contributed by atoms with Crippen LogP contribution in [0.3, 0.4) is 0 Å². The van der Waals surface area contributed by atoms with E-state index in [1.807, 2.05) is 0 Å². The number of hydrogen-bond acceptors (Lipinski definition) is 2. The first-order valence-corrected chi connectivity index (χ1v) is 8.18. The van der Waals surface area contributed by atoms with Crippen molar-refractivity contribution in [2.75, 3.05) is 0 Å². The summed E-state index contributed by atoms with van der Waals surface area (Å²) >= 11 is 0. The molecule has 1 heterocycles. The summed E-state index contributed by atoms with van der Waals surface area (Å²) in [6.45, 7) is 4.32. The third-order valence-corrected chi connectivity index (χ3v) is 4.93. The van der Waals surface area contributed by atoms with Gasteiger partial charge in [0.05, 0.1) is 11.4 Å². The van der Waals surface area contributed by atoms with Crippen molar-refractivity contribution in [2.45, 2.75) is 46.0 Å². The number of carbonyl (C=O) groups excluding carboxylic acids is 1. The van der Waals surface area contributed by atoms with Crippen molar-refractivity contribution in [1.29, 1.82) is 0 Å². The van der Waals surface area contributed by atoms with Crippen molar-refractivity contribution in [3.63, 3.8) is 0 Å². The van der Waals surface area contributed by atoms with Crippen LogP contribution in [0.5, 0.6) is 0 Å². The van der Waals surface area contributed by atoms with E-state index in [4.69, 9.17) is 4.98 Å². The number of ketones is 1. The summed E-state index contributed by atoms with van der Waals surface area (Å²) in [7, 11) is 0. The van der Waals surface area contributed by atoms with E-state index in [0.29, 0.717) is 6.42 Å². The van der Waals surface area contributed by atoms with Gasteiger partial charge in [0.1, 0.15) is 0 Å². The molecule has 1 aromatic carbocycles. The molecule has 0 spiro atoms. The molecule has 4 rings (SSSR count). The lowest BCUT2D eigenvalue weighted by atomic mass is 9.75. The molecule has 112 valence electrons. The molecular weight excluding hydrogens is 270 g/mol. The van der Waals surface area contributed by atoms with Crippen LogP contribution in [0.15, 0.2) is 30.3 Å². The fraction of sp³-hybridized carbons (Fsp3) is 0.400. The Balaban J connectivity index is 1.93. The molecule has 2 nitrogen and oxygen atoms in total. The molecule has 22 heavy (non-hydrogen) atoms. The van der Waals surface area contributed by atoms with Gasteiger partial charge in [0.15, 0.2) is 5.78 Å². The average Bonchev–Trinajstić information content (AvgIpc) is 2.64. The highest BCUT2D eigenvalue weighted by atomic mass is 16.1. The molecule has 2 aliphatic carbocycles. The predicted molar refractivity (Wildman–Crippen MR) is 88.1 cm³/mol. The van der Waals surface area contributed by atoms with E-state index in [-0.39, 0.29) is 11.2 Å². The summed E-state index contributed by atoms with van der Waals surface area (Å²) in [4.78, 5) is 17.5. The number of benzene rings is 1. The summed E-state index contributed by atoms with van der Waals surface area (Å²) in [5.74, 6) is 0.263. The van der Waals surface area contributed by atoms with Gasteiger partial charge in [0.25, 0.3) is 0 Å². The van der Waals surface area contributed by atoms with E-state index in [9.17, 15) is 4.79 Å². The number of rotatable bonds is 0. The molecule has 0 saturated heterocycles. The van der Waals surface area contributed by atoms with Gasteiger partial charge >= 0.3 is 0 Å². The van der Waals surface area contributed by atoms with E-state index < -0.39 is 0 Å². The maximum absolute atomic E-state index is 12.5. The molecule has 0 aliphatic heterocycles. The van der Waals surface area contributed by atoms with E-state index in [1.54, 1.807) is 0 Å². The van der Waals surface area contributed by atoms with Crippen LogP contribution < -0.4 is 0 Å². The number of aromatic nitrogens is 1. The van der Waals surface area contributed by atoms with Gasteiger partial charge in [-0.05, 0) is 48.3 Å². The van der Waals surface area contributed by atoms with Crippen molar-refractivity contribution in [2.24, 2.45) is 5.41 Å². The maximum atomic E-state index is 12.5. The highest BCUT2D eigenvalue weighted by Crippen LogP contribution is 2.38. The van der Waals surface area contributed by atoms with E-state index in [1.165, 1.54) is 16.7 Å². The minimum absolute atomic E-state index is 0.0234. The molecule has 0 atom stereocenters. The Labute approximate surface area is 131 Å². The first-order chi connectivity index (χ1) is 10.5. The molecule has 0 N–H and O–H groups in total. The first-order valence-electron chi connectivity index (χ1n) is 8.18. The lowest BCUT2D eigenvalue weighted by Crippen LogP contribution is -2.28. The topological polar surface area (TPSA) is 30.0 Å². The second kappa shape index (κ2) is 4.77. The van der Waals surface area contributed by atoms with E-state index in [0.717, 1.165) is 42.6 Å². The molecule has 2 heteroatoms. The number of nitrogens with zero attached hydrogens (tertiary/aromatic N) is 1. The van der Waals surface area contributed by atoms with Gasteiger partial charge < -0.3 is 0 Å². The molecule has 1 aromatic heterocycles. The lowest BCUT2D eigenvalue weighted by molar-refractivity contribution is 0.0910. The van der Waals surface area contributed by atoms with Crippen LogP contribution in [0.2, 0.25) is 0 Å². The van der Waals surface area contributed by atoms with Crippen molar-refractivity contribution in [3.05, 3.63) is 52.7 Å². The van der Waals surface area contributed by atoms with E-state index in [2.05, 4.69) is 44.2 Å². The Bertz CT molecular complexity index is 773. The monoisotopic (exact) mass is 291 g/mol. The number of hydrogen-bond donors (Lipinski definition) is 0. The predicted octanol–water partition coefficient (Wildman–Crippen LogP) is 4.39. The van der Waals surface area contributed by atoms with Crippen LogP contribution in [-0.2, 0) is 19.3 Å². The van der Waals surface area contributed by atoms with Crippen LogP contribution in [0.25, 0.3) is 11.3 Å². The Hall–Kier alpha value is -1.96. The SMILES string of the molecule is CC1(C)CC(=O)c2cc3c(nc2C1)-c1ccccc1CCC3. The van der Waals surface area contributed by atoms with Crippen LogP contribution in [0, 0.1) is 5.41 Å². The minimum atomic E-state index is 0.0234. The maximum Gasteiger partial charge on any atom is 0.165 e. The largest absolute Gasteiger partial charge is 0.294 e. The summed E-state index contributed by atoms with van der Waals surface area (Å²) < 4.78 is 0. The minimum Gasteiger partial charge on any atom is -0.294 e. The van der Waals surface area contributed by atoms with Crippen molar-refractivity contribution in [3.8, 4) is 11.3 Å². The molecule has 0 unspecified atom stereocenters. The van der Waals surface area contributed by atoms with Crippen molar-refractivity contribution < 1.29 is 4.79 Å². The summed E-state index contributed by atoms with van der Waals surface area (Å²) in [6.07, 6.45) is 4.77. The number of fused-ring (bicyclic) bond motifs is 4. The molecule has 0 radical (unpaired) electrons. The molecule has 0 amide bonds. The molecule has 0 fully saturated rings. The van der Waals surface area contributed by atoms with Gasteiger partial charge in [-0.25, -0.2) is 0 Å². The molecule has 2 aliphatic rings. The molecular formula is C20H21NO. The smallest absolute Gasteiger partial charge is 0.165 e. The third-order valence-electron chi connectivity index (χ3n) is 4.93. The third kappa shape index (κ3) is 2.18. The summed E-state index contributed by atoms with van der Waals surface area (Å²) in [5.41, 5.74) is 6.89. The van der Waals surface area contributed by atoms with Gasteiger partial charge in [0.2, 0.25) is 0 Å². The highest BCUT2D eigenvalue weighted by molar-refractivity contribution is 5.99. The number of aryl methyl sites for hydroxylation is 2. The summed E-state index contributed by atoms with van der Waals surface area (Å²) in [5, 5.41) is 0. The fourth-order valence-electron chi connectivity index (χ4n) is 3.88. The number of Topliss-reactive ketones (excluding diaryl/α,β-unsaturated/α-hetero) is 1. The van der Waals surface area contributed by atoms with Crippen LogP contribution in [-0.4, -0.2) is 10.8 Å². The van der Waals surface area contributed by atoms with Gasteiger partial charge in [0, 0.05) is 17.5 Å². The second-order valence-electron chi connectivity index (χ2n) is 7.44. The van der Waals surface area contributed by atoms with Crippen molar-refractivity contribution >= 4 is 5.78 Å². The quantitative estimate of drug-likeness (QED) is 0.720. The summed E-state index contributed by atoms with van der Waals surface area (Å²) in [6, 6.07) is 10.7. The van der Waals surface area contributed by atoms with Crippen LogP contribution in [0.4, 0.5) is 0 Å². The standard InChI is InChI=1S/C20H21NO/c1-20(2)11-17-16(18(22)12-20)10-14-8-5-7-13-6-3-4-9-15(13)19(14)21-17/h3-4,6,9-10H,5,7-8,11-12H2,1-2H3. The number of pyridine rings is 1. The Morgan fingerprint density at radius 3 is 2.64 bits per heavy atom. The van der Waals surface area contributed by atoms with E-state index >= 15 is 0 Å². The lowest BCUT2D eigenvalue weighted by Gasteiger charge is -2.30. The zero-order valence-electron chi connectivity index (χ0n) is 13.3. The normalized spacial score (nSPS) is 18.9. The fourth-order valence-corrected chi connectivity index (χ4v) is 3.88. The average molecular weight is 291 g/mol. The number of carbonyl (C=O) groups is 1. The zero-order chi connectivity index (χ0) is 15.3. The van der Waals surface area contributed by atoms with Gasteiger partial charge in [-0.1, -0.05) is 38.1 Å². The Morgan fingerprint density at radius 2 is 1.77 bits per heavy atom.